The molecule has 1 amide bonds. The molecule has 0 fully saturated rings. The van der Waals surface area contributed by atoms with Crippen molar-refractivity contribution in [2.75, 3.05) is 5.75 Å². The molecule has 7 heteroatoms. The molecule has 0 spiro atoms. The maximum absolute atomic E-state index is 12.0. The molecular formula is C17H24N4O2S. The van der Waals surface area contributed by atoms with Gasteiger partial charge in [0, 0.05) is 24.0 Å². The third-order valence-electron chi connectivity index (χ3n) is 3.49. The van der Waals surface area contributed by atoms with Crippen LogP contribution in [-0.4, -0.2) is 32.9 Å². The highest BCUT2D eigenvalue weighted by atomic mass is 32.2. The smallest absolute Gasteiger partial charge is 0.277 e. The lowest BCUT2D eigenvalue weighted by molar-refractivity contribution is -0.119. The van der Waals surface area contributed by atoms with Crippen LogP contribution in [0.2, 0.25) is 0 Å². The Morgan fingerprint density at radius 3 is 2.67 bits per heavy atom. The Bertz CT molecular complexity index is 631. The van der Waals surface area contributed by atoms with Gasteiger partial charge in [0.1, 0.15) is 0 Å². The largest absolute Gasteiger partial charge is 0.411 e. The molecule has 0 saturated carbocycles. The first-order valence-corrected chi connectivity index (χ1v) is 9.19. The van der Waals surface area contributed by atoms with Crippen LogP contribution in [0.1, 0.15) is 40.0 Å². The van der Waals surface area contributed by atoms with Crippen LogP contribution in [0.4, 0.5) is 0 Å². The predicted molar refractivity (Wildman–Crippen MR) is 94.5 cm³/mol. The lowest BCUT2D eigenvalue weighted by Crippen LogP contribution is -2.33. The fourth-order valence-corrected chi connectivity index (χ4v) is 2.80. The van der Waals surface area contributed by atoms with Gasteiger partial charge in [-0.2, -0.15) is 0 Å². The summed E-state index contributed by atoms with van der Waals surface area (Å²) in [5, 5.41) is 11.3. The molecule has 0 aliphatic rings. The Kier molecular flexibility index (Phi) is 7.24. The number of pyridine rings is 1. The standard InChI is InChI=1S/C17H24N4O2S/c1-12(2)5-4-6-13(3)19-15(22)11-24-17-21-20-16(23-17)14-7-9-18-10-8-14/h7-10,12-13H,4-6,11H2,1-3H3,(H,19,22). The number of hydrogen-bond donors (Lipinski definition) is 1. The average molecular weight is 348 g/mol. The molecule has 0 saturated heterocycles. The first-order chi connectivity index (χ1) is 11.5. The molecule has 0 aromatic carbocycles. The highest BCUT2D eigenvalue weighted by molar-refractivity contribution is 7.99. The van der Waals surface area contributed by atoms with Crippen molar-refractivity contribution in [3.63, 3.8) is 0 Å². The van der Waals surface area contributed by atoms with Crippen LogP contribution in [0.15, 0.2) is 34.2 Å². The Morgan fingerprint density at radius 1 is 1.21 bits per heavy atom. The normalized spacial score (nSPS) is 12.3. The predicted octanol–water partition coefficient (Wildman–Crippen LogP) is 3.55. The zero-order chi connectivity index (χ0) is 17.4. The topological polar surface area (TPSA) is 80.9 Å². The Labute approximate surface area is 146 Å². The first kappa shape index (κ1) is 18.4. The lowest BCUT2D eigenvalue weighted by Gasteiger charge is -2.14. The van der Waals surface area contributed by atoms with Gasteiger partial charge in [0.15, 0.2) is 0 Å². The molecule has 2 aromatic heterocycles. The molecule has 2 heterocycles. The third-order valence-corrected chi connectivity index (χ3v) is 4.30. The van der Waals surface area contributed by atoms with E-state index < -0.39 is 0 Å². The average Bonchev–Trinajstić information content (AvgIpc) is 3.02. The summed E-state index contributed by atoms with van der Waals surface area (Å²) in [4.78, 5) is 15.9. The van der Waals surface area contributed by atoms with Crippen LogP contribution in [0.5, 0.6) is 0 Å². The number of rotatable bonds is 9. The van der Waals surface area contributed by atoms with Gasteiger partial charge >= 0.3 is 0 Å². The molecule has 6 nitrogen and oxygen atoms in total. The number of carbonyl (C=O) groups is 1. The number of carbonyl (C=O) groups excluding carboxylic acids is 1. The minimum absolute atomic E-state index is 0.0132. The summed E-state index contributed by atoms with van der Waals surface area (Å²) in [5.74, 6) is 1.39. The molecule has 0 aliphatic heterocycles. The number of amides is 1. The molecule has 0 radical (unpaired) electrons. The van der Waals surface area contributed by atoms with Crippen molar-refractivity contribution in [2.45, 2.75) is 51.3 Å². The zero-order valence-corrected chi connectivity index (χ0v) is 15.2. The van der Waals surface area contributed by atoms with Gasteiger partial charge in [-0.05, 0) is 31.4 Å². The summed E-state index contributed by atoms with van der Waals surface area (Å²) < 4.78 is 5.55. The van der Waals surface area contributed by atoms with E-state index in [0.717, 1.165) is 18.4 Å². The van der Waals surface area contributed by atoms with Gasteiger partial charge in [-0.1, -0.05) is 38.5 Å². The minimum Gasteiger partial charge on any atom is -0.411 e. The number of aromatic nitrogens is 3. The van der Waals surface area contributed by atoms with E-state index in [-0.39, 0.29) is 17.7 Å². The highest BCUT2D eigenvalue weighted by Crippen LogP contribution is 2.22. The third kappa shape index (κ3) is 6.31. The van der Waals surface area contributed by atoms with Crippen molar-refractivity contribution in [2.24, 2.45) is 5.92 Å². The molecule has 0 bridgehead atoms. The highest BCUT2D eigenvalue weighted by Gasteiger charge is 2.12. The second-order valence-electron chi connectivity index (χ2n) is 6.19. The fourth-order valence-electron chi connectivity index (χ4n) is 2.23. The van der Waals surface area contributed by atoms with E-state index in [1.54, 1.807) is 24.5 Å². The van der Waals surface area contributed by atoms with E-state index in [9.17, 15) is 4.79 Å². The summed E-state index contributed by atoms with van der Waals surface area (Å²) in [7, 11) is 0. The molecule has 0 aliphatic carbocycles. The molecule has 2 rings (SSSR count). The van der Waals surface area contributed by atoms with E-state index in [2.05, 4.69) is 34.3 Å². The van der Waals surface area contributed by atoms with E-state index in [1.807, 2.05) is 6.92 Å². The maximum Gasteiger partial charge on any atom is 0.277 e. The summed E-state index contributed by atoms with van der Waals surface area (Å²) >= 11 is 1.25. The summed E-state index contributed by atoms with van der Waals surface area (Å²) in [6.07, 6.45) is 6.65. The van der Waals surface area contributed by atoms with Crippen molar-refractivity contribution >= 4 is 17.7 Å². The van der Waals surface area contributed by atoms with Gasteiger partial charge in [0.05, 0.1) is 5.75 Å². The van der Waals surface area contributed by atoms with Gasteiger partial charge in [0.25, 0.3) is 5.22 Å². The van der Waals surface area contributed by atoms with Crippen molar-refractivity contribution < 1.29 is 9.21 Å². The molecule has 1 unspecified atom stereocenters. The Balaban J connectivity index is 1.73. The van der Waals surface area contributed by atoms with Crippen LogP contribution < -0.4 is 5.32 Å². The second-order valence-corrected chi connectivity index (χ2v) is 7.12. The van der Waals surface area contributed by atoms with E-state index in [4.69, 9.17) is 4.42 Å². The SMILES string of the molecule is CC(C)CCCC(C)NC(=O)CSc1nnc(-c2ccncc2)o1. The van der Waals surface area contributed by atoms with Gasteiger partial charge in [-0.25, -0.2) is 0 Å². The molecular weight excluding hydrogens is 324 g/mol. The Hall–Kier alpha value is -1.89. The quantitative estimate of drug-likeness (QED) is 0.698. The van der Waals surface area contributed by atoms with Crippen LogP contribution in [0.3, 0.4) is 0 Å². The number of thioether (sulfide) groups is 1. The second kappa shape index (κ2) is 9.42. The van der Waals surface area contributed by atoms with Gasteiger partial charge < -0.3 is 9.73 Å². The summed E-state index contributed by atoms with van der Waals surface area (Å²) in [5.41, 5.74) is 0.813. The molecule has 1 N–H and O–H groups in total. The summed E-state index contributed by atoms with van der Waals surface area (Å²) in [6, 6.07) is 3.79. The molecule has 1 atom stereocenters. The summed E-state index contributed by atoms with van der Waals surface area (Å²) in [6.45, 7) is 6.46. The van der Waals surface area contributed by atoms with Crippen molar-refractivity contribution in [1.82, 2.24) is 20.5 Å². The number of nitrogens with zero attached hydrogens (tertiary/aromatic N) is 3. The van der Waals surface area contributed by atoms with E-state index >= 15 is 0 Å². The zero-order valence-electron chi connectivity index (χ0n) is 14.4. The maximum atomic E-state index is 12.0. The Morgan fingerprint density at radius 2 is 1.96 bits per heavy atom. The lowest BCUT2D eigenvalue weighted by atomic mass is 10.0. The van der Waals surface area contributed by atoms with Gasteiger partial charge in [-0.3, -0.25) is 9.78 Å². The van der Waals surface area contributed by atoms with Gasteiger partial charge in [0.2, 0.25) is 11.8 Å². The molecule has 2 aromatic rings. The first-order valence-electron chi connectivity index (χ1n) is 8.20. The molecule has 130 valence electrons. The van der Waals surface area contributed by atoms with Crippen LogP contribution in [0, 0.1) is 5.92 Å². The fraction of sp³-hybridized carbons (Fsp3) is 0.529. The minimum atomic E-state index is -0.0132. The van der Waals surface area contributed by atoms with Gasteiger partial charge in [-0.15, -0.1) is 10.2 Å². The van der Waals surface area contributed by atoms with E-state index in [0.29, 0.717) is 17.0 Å². The van der Waals surface area contributed by atoms with E-state index in [1.165, 1.54) is 18.2 Å². The number of nitrogens with one attached hydrogen (secondary N) is 1. The van der Waals surface area contributed by atoms with Crippen molar-refractivity contribution in [3.8, 4) is 11.5 Å². The van der Waals surface area contributed by atoms with Crippen LogP contribution in [-0.2, 0) is 4.79 Å². The van der Waals surface area contributed by atoms with Crippen LogP contribution in [0.25, 0.3) is 11.5 Å². The monoisotopic (exact) mass is 348 g/mol. The van der Waals surface area contributed by atoms with Crippen LogP contribution >= 0.6 is 11.8 Å². The number of hydrogen-bond acceptors (Lipinski definition) is 6. The molecule has 24 heavy (non-hydrogen) atoms. The van der Waals surface area contributed by atoms with Crippen molar-refractivity contribution in [1.29, 1.82) is 0 Å². The van der Waals surface area contributed by atoms with Crippen molar-refractivity contribution in [3.05, 3.63) is 24.5 Å².